The molecule has 180 valence electrons. The van der Waals surface area contributed by atoms with E-state index in [2.05, 4.69) is 30.5 Å². The largest absolute Gasteiger partial charge is 0.350 e. The van der Waals surface area contributed by atoms with Gasteiger partial charge in [-0.1, -0.05) is 30.0 Å². The van der Waals surface area contributed by atoms with Crippen LogP contribution in [0.15, 0.2) is 83.7 Å². The molecule has 0 aliphatic heterocycles. The molecule has 36 heavy (non-hydrogen) atoms. The summed E-state index contributed by atoms with van der Waals surface area (Å²) in [5, 5.41) is 14.5. The highest BCUT2D eigenvalue weighted by atomic mass is 32.2. The Balaban J connectivity index is 1.29. The number of nitrogens with one attached hydrogen (secondary N) is 1. The molecule has 0 fully saturated rings. The van der Waals surface area contributed by atoms with Gasteiger partial charge in [0.1, 0.15) is 16.5 Å². The van der Waals surface area contributed by atoms with Crippen LogP contribution in [0.4, 0.5) is 4.39 Å². The molecule has 0 unspecified atom stereocenters. The van der Waals surface area contributed by atoms with Crippen LogP contribution in [0.5, 0.6) is 0 Å². The summed E-state index contributed by atoms with van der Waals surface area (Å²) in [5.41, 5.74) is 2.34. The lowest BCUT2D eigenvalue weighted by atomic mass is 10.2. The number of halogens is 1. The minimum absolute atomic E-state index is 0.230. The summed E-state index contributed by atoms with van der Waals surface area (Å²) in [5.74, 6) is 0.323. The van der Waals surface area contributed by atoms with Crippen molar-refractivity contribution in [1.82, 2.24) is 35.0 Å². The third kappa shape index (κ3) is 5.47. The fourth-order valence-electron chi connectivity index (χ4n) is 3.44. The van der Waals surface area contributed by atoms with Crippen molar-refractivity contribution in [2.75, 3.05) is 6.54 Å². The fraction of sp³-hybridized carbons (Fsp3) is 0.120. The van der Waals surface area contributed by atoms with Gasteiger partial charge >= 0.3 is 0 Å². The number of thioether (sulfide) groups is 1. The van der Waals surface area contributed by atoms with E-state index in [-0.39, 0.29) is 11.7 Å². The van der Waals surface area contributed by atoms with E-state index in [9.17, 15) is 9.18 Å². The van der Waals surface area contributed by atoms with Crippen LogP contribution < -0.4 is 5.32 Å². The van der Waals surface area contributed by atoms with Gasteiger partial charge in [0.25, 0.3) is 5.91 Å². The highest BCUT2D eigenvalue weighted by Crippen LogP contribution is 2.31. The van der Waals surface area contributed by atoms with Crippen LogP contribution in [0.1, 0.15) is 21.2 Å². The maximum Gasteiger partial charge on any atom is 0.270 e. The van der Waals surface area contributed by atoms with Crippen molar-refractivity contribution in [2.45, 2.75) is 17.3 Å². The molecule has 0 radical (unpaired) electrons. The van der Waals surface area contributed by atoms with Crippen molar-refractivity contribution in [3.05, 3.63) is 101 Å². The molecule has 0 aliphatic rings. The fourth-order valence-corrected chi connectivity index (χ4v) is 5.18. The molecule has 0 saturated heterocycles. The third-order valence-corrected chi connectivity index (χ3v) is 7.12. The average Bonchev–Trinajstić information content (AvgIpc) is 3.56. The Labute approximate surface area is 214 Å². The standard InChI is InChI=1S/C25H20FN7OS2/c26-19-8-1-2-9-21(19)33-23(17-6-5-11-27-14-17)31-32-25(33)36-16-22-30-20(15-35-22)24(34)29-13-10-18-7-3-4-12-28-18/h1-9,11-12,14-15H,10,13,16H2,(H,29,34). The van der Waals surface area contributed by atoms with Crippen LogP contribution in [0.2, 0.25) is 0 Å². The van der Waals surface area contributed by atoms with Gasteiger partial charge in [-0.3, -0.25) is 19.3 Å². The van der Waals surface area contributed by atoms with Crippen molar-refractivity contribution in [1.29, 1.82) is 0 Å². The number of thiazole rings is 1. The van der Waals surface area contributed by atoms with Crippen molar-refractivity contribution in [2.24, 2.45) is 0 Å². The second kappa shape index (κ2) is 11.2. The number of para-hydroxylation sites is 1. The number of aromatic nitrogens is 6. The first kappa shape index (κ1) is 23.8. The zero-order valence-electron chi connectivity index (χ0n) is 18.9. The van der Waals surface area contributed by atoms with E-state index in [0.717, 1.165) is 16.3 Å². The molecule has 1 amide bonds. The summed E-state index contributed by atoms with van der Waals surface area (Å²) in [4.78, 5) is 25.4. The van der Waals surface area contributed by atoms with Gasteiger partial charge in [0.15, 0.2) is 11.0 Å². The van der Waals surface area contributed by atoms with Crippen molar-refractivity contribution >= 4 is 29.0 Å². The molecular formula is C25H20FN7OS2. The quantitative estimate of drug-likeness (QED) is 0.286. The maximum atomic E-state index is 14.7. The number of carbonyl (C=O) groups excluding carboxylic acids is 1. The summed E-state index contributed by atoms with van der Waals surface area (Å²) >= 11 is 2.76. The number of benzene rings is 1. The average molecular weight is 518 g/mol. The summed E-state index contributed by atoms with van der Waals surface area (Å²) in [6, 6.07) is 15.8. The highest BCUT2D eigenvalue weighted by Gasteiger charge is 2.19. The van der Waals surface area contributed by atoms with Gasteiger partial charge in [0, 0.05) is 48.2 Å². The first-order chi connectivity index (χ1) is 17.7. The zero-order valence-corrected chi connectivity index (χ0v) is 20.5. The molecule has 4 aromatic heterocycles. The Morgan fingerprint density at radius 3 is 2.75 bits per heavy atom. The molecule has 5 aromatic rings. The predicted octanol–water partition coefficient (Wildman–Crippen LogP) is 4.58. The molecule has 0 atom stereocenters. The predicted molar refractivity (Wildman–Crippen MR) is 136 cm³/mol. The topological polar surface area (TPSA) is 98.5 Å². The van der Waals surface area contributed by atoms with Gasteiger partial charge in [-0.25, -0.2) is 9.37 Å². The van der Waals surface area contributed by atoms with Crippen molar-refractivity contribution < 1.29 is 9.18 Å². The highest BCUT2D eigenvalue weighted by molar-refractivity contribution is 7.98. The summed E-state index contributed by atoms with van der Waals surface area (Å²) in [6.45, 7) is 0.473. The Morgan fingerprint density at radius 1 is 1.06 bits per heavy atom. The lowest BCUT2D eigenvalue weighted by Crippen LogP contribution is -2.26. The molecule has 11 heteroatoms. The SMILES string of the molecule is O=C(NCCc1ccccn1)c1csc(CSc2nnc(-c3cccnc3)n2-c2ccccc2F)n1. The van der Waals surface area contributed by atoms with Gasteiger partial charge in [-0.2, -0.15) is 0 Å². The number of carbonyl (C=O) groups is 1. The molecule has 0 saturated carbocycles. The molecule has 0 bridgehead atoms. The summed E-state index contributed by atoms with van der Waals surface area (Å²) in [6.07, 6.45) is 5.70. The Bertz CT molecular complexity index is 1460. The molecule has 1 N–H and O–H groups in total. The number of hydrogen-bond donors (Lipinski definition) is 1. The van der Waals surface area contributed by atoms with Crippen molar-refractivity contribution in [3.63, 3.8) is 0 Å². The lowest BCUT2D eigenvalue weighted by Gasteiger charge is -2.10. The Kier molecular flexibility index (Phi) is 7.39. The number of nitrogens with zero attached hydrogens (tertiary/aromatic N) is 6. The van der Waals surface area contributed by atoms with Crippen LogP contribution in [0.25, 0.3) is 17.1 Å². The van der Waals surface area contributed by atoms with Gasteiger partial charge in [0.2, 0.25) is 0 Å². The minimum Gasteiger partial charge on any atom is -0.350 e. The second-order valence-corrected chi connectivity index (χ2v) is 9.46. The monoisotopic (exact) mass is 517 g/mol. The van der Waals surface area contributed by atoms with Crippen LogP contribution in [-0.2, 0) is 12.2 Å². The Morgan fingerprint density at radius 2 is 1.94 bits per heavy atom. The zero-order chi connectivity index (χ0) is 24.7. The Hall–Kier alpha value is -3.96. The molecule has 8 nitrogen and oxygen atoms in total. The van der Waals surface area contributed by atoms with Crippen LogP contribution in [-0.4, -0.2) is 42.2 Å². The van der Waals surface area contributed by atoms with E-state index in [1.54, 1.807) is 52.8 Å². The number of pyridine rings is 2. The van der Waals surface area contributed by atoms with E-state index in [1.165, 1.54) is 29.2 Å². The van der Waals surface area contributed by atoms with E-state index in [4.69, 9.17) is 0 Å². The second-order valence-electron chi connectivity index (χ2n) is 7.58. The van der Waals surface area contributed by atoms with Gasteiger partial charge in [-0.15, -0.1) is 21.5 Å². The first-order valence-corrected chi connectivity index (χ1v) is 12.9. The van der Waals surface area contributed by atoms with E-state index < -0.39 is 0 Å². The minimum atomic E-state index is -0.386. The lowest BCUT2D eigenvalue weighted by molar-refractivity contribution is 0.0949. The number of hydrogen-bond acceptors (Lipinski definition) is 8. The van der Waals surface area contributed by atoms with Crippen LogP contribution >= 0.6 is 23.1 Å². The summed E-state index contributed by atoms with van der Waals surface area (Å²) in [7, 11) is 0. The molecular weight excluding hydrogens is 497 g/mol. The normalized spacial score (nSPS) is 10.9. The van der Waals surface area contributed by atoms with Gasteiger partial charge < -0.3 is 5.32 Å². The molecule has 5 rings (SSSR count). The number of amides is 1. The molecule has 4 heterocycles. The molecule has 0 spiro atoms. The maximum absolute atomic E-state index is 14.7. The van der Waals surface area contributed by atoms with Crippen LogP contribution in [0, 0.1) is 5.82 Å². The molecule has 1 aromatic carbocycles. The smallest absolute Gasteiger partial charge is 0.270 e. The van der Waals surface area contributed by atoms with Crippen LogP contribution in [0.3, 0.4) is 0 Å². The van der Waals surface area contributed by atoms with E-state index >= 15 is 0 Å². The van der Waals surface area contributed by atoms with E-state index in [0.29, 0.717) is 41.1 Å². The molecule has 0 aliphatic carbocycles. The first-order valence-electron chi connectivity index (χ1n) is 11.0. The van der Waals surface area contributed by atoms with Gasteiger partial charge in [-0.05, 0) is 36.4 Å². The van der Waals surface area contributed by atoms with Crippen molar-refractivity contribution in [3.8, 4) is 17.1 Å². The van der Waals surface area contributed by atoms with Gasteiger partial charge in [0.05, 0.1) is 11.4 Å². The van der Waals surface area contributed by atoms with E-state index in [1.807, 2.05) is 24.3 Å². The summed E-state index contributed by atoms with van der Waals surface area (Å²) < 4.78 is 16.4. The number of rotatable bonds is 9. The third-order valence-electron chi connectivity index (χ3n) is 5.15.